The van der Waals surface area contributed by atoms with Crippen molar-refractivity contribution in [2.75, 3.05) is 0 Å². The van der Waals surface area contributed by atoms with Gasteiger partial charge in [-0.25, -0.2) is 0 Å². The summed E-state index contributed by atoms with van der Waals surface area (Å²) < 4.78 is 0. The van der Waals surface area contributed by atoms with Crippen molar-refractivity contribution < 1.29 is 4.79 Å². The van der Waals surface area contributed by atoms with E-state index in [0.717, 1.165) is 17.3 Å². The third kappa shape index (κ3) is 2.90. The molecule has 2 aromatic rings. The smallest absolute Gasteiger partial charge is 0.135 e. The second kappa shape index (κ2) is 5.09. The van der Waals surface area contributed by atoms with E-state index in [1.165, 1.54) is 5.56 Å². The minimum atomic E-state index is 0.133. The molecule has 0 radical (unpaired) electrons. The Kier molecular flexibility index (Phi) is 3.52. The Morgan fingerprint density at radius 2 is 2.12 bits per heavy atom. The summed E-state index contributed by atoms with van der Waals surface area (Å²) in [7, 11) is 0. The van der Waals surface area contributed by atoms with Gasteiger partial charge in [0.1, 0.15) is 5.78 Å². The van der Waals surface area contributed by atoms with Gasteiger partial charge < -0.3 is 0 Å². The van der Waals surface area contributed by atoms with Crippen LogP contribution in [0, 0.1) is 5.92 Å². The van der Waals surface area contributed by atoms with Crippen LogP contribution >= 0.6 is 0 Å². The van der Waals surface area contributed by atoms with E-state index in [-0.39, 0.29) is 5.92 Å². The summed E-state index contributed by atoms with van der Waals surface area (Å²) in [6.45, 7) is 3.90. The number of carbonyl (C=O) groups excluding carboxylic acids is 1. The first-order valence-electron chi connectivity index (χ1n) is 6.03. The van der Waals surface area contributed by atoms with E-state index in [9.17, 15) is 4.79 Å². The van der Waals surface area contributed by atoms with Gasteiger partial charge in [0.15, 0.2) is 0 Å². The van der Waals surface area contributed by atoms with E-state index >= 15 is 0 Å². The zero-order chi connectivity index (χ0) is 12.3. The molecule has 0 amide bonds. The first-order valence-corrected chi connectivity index (χ1v) is 6.03. The zero-order valence-corrected chi connectivity index (χ0v) is 10.3. The Bertz CT molecular complexity index is 531. The third-order valence-corrected chi connectivity index (χ3v) is 2.97. The predicted molar refractivity (Wildman–Crippen MR) is 69.9 cm³/mol. The molecule has 0 N–H and O–H groups in total. The van der Waals surface area contributed by atoms with E-state index in [2.05, 4.69) is 23.2 Å². The summed E-state index contributed by atoms with van der Waals surface area (Å²) in [6, 6.07) is 10.2. The standard InChI is InChI=1S/C15H17NO/c1-11(2)15(17)8-6-12-5-7-13-4-3-9-16-14(13)10-12/h3-5,7,9-11H,6,8H2,1-2H3. The molecule has 88 valence electrons. The minimum Gasteiger partial charge on any atom is -0.299 e. The van der Waals surface area contributed by atoms with E-state index in [1.54, 1.807) is 6.20 Å². The van der Waals surface area contributed by atoms with Gasteiger partial charge >= 0.3 is 0 Å². The first-order chi connectivity index (χ1) is 8.16. The SMILES string of the molecule is CC(C)C(=O)CCc1ccc2cccnc2c1. The van der Waals surface area contributed by atoms with Crippen LogP contribution in [0.1, 0.15) is 25.8 Å². The van der Waals surface area contributed by atoms with Gasteiger partial charge in [-0.3, -0.25) is 9.78 Å². The van der Waals surface area contributed by atoms with Crippen molar-refractivity contribution in [3.63, 3.8) is 0 Å². The summed E-state index contributed by atoms with van der Waals surface area (Å²) >= 11 is 0. The van der Waals surface area contributed by atoms with Crippen LogP contribution in [0.2, 0.25) is 0 Å². The number of hydrogen-bond donors (Lipinski definition) is 0. The van der Waals surface area contributed by atoms with Crippen LogP contribution < -0.4 is 0 Å². The summed E-state index contributed by atoms with van der Waals surface area (Å²) in [6.07, 6.45) is 3.23. The molecule has 0 spiro atoms. The summed E-state index contributed by atoms with van der Waals surface area (Å²) in [4.78, 5) is 15.9. The largest absolute Gasteiger partial charge is 0.299 e. The highest BCUT2D eigenvalue weighted by molar-refractivity contribution is 5.81. The fourth-order valence-electron chi connectivity index (χ4n) is 1.82. The van der Waals surface area contributed by atoms with Crippen molar-refractivity contribution in [2.24, 2.45) is 5.92 Å². The maximum atomic E-state index is 11.6. The molecular formula is C15H17NO. The predicted octanol–water partition coefficient (Wildman–Crippen LogP) is 3.39. The van der Waals surface area contributed by atoms with Crippen LogP contribution in [-0.2, 0) is 11.2 Å². The lowest BCUT2D eigenvalue weighted by molar-refractivity contribution is -0.121. The fourth-order valence-corrected chi connectivity index (χ4v) is 1.82. The number of Topliss-reactive ketones (excluding diaryl/α,β-unsaturated/α-hetero) is 1. The maximum absolute atomic E-state index is 11.6. The Labute approximate surface area is 102 Å². The number of aryl methyl sites for hydroxylation is 1. The average molecular weight is 227 g/mol. The van der Waals surface area contributed by atoms with Gasteiger partial charge in [0, 0.05) is 23.9 Å². The molecule has 0 saturated heterocycles. The molecule has 17 heavy (non-hydrogen) atoms. The Morgan fingerprint density at radius 3 is 2.88 bits per heavy atom. The lowest BCUT2D eigenvalue weighted by atomic mass is 10.0. The Hall–Kier alpha value is -1.70. The molecule has 0 aliphatic heterocycles. The Balaban J connectivity index is 2.12. The lowest BCUT2D eigenvalue weighted by Crippen LogP contribution is -2.07. The highest BCUT2D eigenvalue weighted by Crippen LogP contribution is 2.15. The molecule has 2 rings (SSSR count). The zero-order valence-electron chi connectivity index (χ0n) is 10.3. The van der Waals surface area contributed by atoms with Gasteiger partial charge in [0.25, 0.3) is 0 Å². The number of hydrogen-bond acceptors (Lipinski definition) is 2. The molecule has 1 aromatic heterocycles. The molecule has 0 fully saturated rings. The molecule has 0 saturated carbocycles. The highest BCUT2D eigenvalue weighted by atomic mass is 16.1. The summed E-state index contributed by atoms with van der Waals surface area (Å²) in [5.41, 5.74) is 2.19. The molecule has 1 aromatic carbocycles. The van der Waals surface area contributed by atoms with Crippen LogP contribution in [0.25, 0.3) is 10.9 Å². The van der Waals surface area contributed by atoms with Crippen molar-refractivity contribution in [3.05, 3.63) is 42.1 Å². The summed E-state index contributed by atoms with van der Waals surface area (Å²) in [5, 5.41) is 1.14. The van der Waals surface area contributed by atoms with E-state index < -0.39 is 0 Å². The number of rotatable bonds is 4. The number of pyridine rings is 1. The second-order valence-electron chi connectivity index (χ2n) is 4.65. The van der Waals surface area contributed by atoms with E-state index in [4.69, 9.17) is 0 Å². The number of benzene rings is 1. The normalized spacial score (nSPS) is 11.0. The number of ketones is 1. The van der Waals surface area contributed by atoms with Crippen LogP contribution in [0.15, 0.2) is 36.5 Å². The van der Waals surface area contributed by atoms with Gasteiger partial charge in [0.2, 0.25) is 0 Å². The molecule has 0 bridgehead atoms. The molecule has 0 unspecified atom stereocenters. The Morgan fingerprint density at radius 1 is 1.29 bits per heavy atom. The number of aromatic nitrogens is 1. The van der Waals surface area contributed by atoms with Crippen LogP contribution in [-0.4, -0.2) is 10.8 Å². The minimum absolute atomic E-state index is 0.133. The van der Waals surface area contributed by atoms with Gasteiger partial charge in [-0.05, 0) is 24.1 Å². The van der Waals surface area contributed by atoms with E-state index in [1.807, 2.05) is 26.0 Å². The van der Waals surface area contributed by atoms with Crippen molar-refractivity contribution >= 4 is 16.7 Å². The fraction of sp³-hybridized carbons (Fsp3) is 0.333. The molecule has 0 aliphatic carbocycles. The van der Waals surface area contributed by atoms with Crippen LogP contribution in [0.4, 0.5) is 0 Å². The van der Waals surface area contributed by atoms with Gasteiger partial charge in [-0.2, -0.15) is 0 Å². The quantitative estimate of drug-likeness (QED) is 0.801. The molecular weight excluding hydrogens is 210 g/mol. The van der Waals surface area contributed by atoms with Crippen molar-refractivity contribution in [2.45, 2.75) is 26.7 Å². The van der Waals surface area contributed by atoms with Crippen LogP contribution in [0.3, 0.4) is 0 Å². The lowest BCUT2D eigenvalue weighted by Gasteiger charge is -2.05. The van der Waals surface area contributed by atoms with Crippen molar-refractivity contribution in [1.29, 1.82) is 0 Å². The monoisotopic (exact) mass is 227 g/mol. The van der Waals surface area contributed by atoms with Crippen LogP contribution in [0.5, 0.6) is 0 Å². The molecule has 2 heteroatoms. The first kappa shape index (κ1) is 11.8. The summed E-state index contributed by atoms with van der Waals surface area (Å²) in [5.74, 6) is 0.458. The average Bonchev–Trinajstić information content (AvgIpc) is 2.35. The highest BCUT2D eigenvalue weighted by Gasteiger charge is 2.07. The number of fused-ring (bicyclic) bond motifs is 1. The van der Waals surface area contributed by atoms with Crippen molar-refractivity contribution in [3.8, 4) is 0 Å². The molecule has 0 aliphatic rings. The molecule has 0 atom stereocenters. The third-order valence-electron chi connectivity index (χ3n) is 2.97. The van der Waals surface area contributed by atoms with E-state index in [0.29, 0.717) is 12.2 Å². The second-order valence-corrected chi connectivity index (χ2v) is 4.65. The van der Waals surface area contributed by atoms with Gasteiger partial charge in [-0.1, -0.05) is 32.0 Å². The molecule has 1 heterocycles. The maximum Gasteiger partial charge on any atom is 0.135 e. The number of nitrogens with zero attached hydrogens (tertiary/aromatic N) is 1. The number of carbonyl (C=O) groups is 1. The van der Waals surface area contributed by atoms with Crippen molar-refractivity contribution in [1.82, 2.24) is 4.98 Å². The topological polar surface area (TPSA) is 30.0 Å². The van der Waals surface area contributed by atoms with Gasteiger partial charge in [0.05, 0.1) is 5.52 Å². The van der Waals surface area contributed by atoms with Gasteiger partial charge in [-0.15, -0.1) is 0 Å². The molecule has 2 nitrogen and oxygen atoms in total.